The highest BCUT2D eigenvalue weighted by atomic mass is 32.1. The minimum absolute atomic E-state index is 0.666. The summed E-state index contributed by atoms with van der Waals surface area (Å²) in [4.78, 5) is 1.35. The molecule has 2 aromatic heterocycles. The van der Waals surface area contributed by atoms with E-state index in [9.17, 15) is 0 Å². The standard InChI is InChI=1S/C16H17N3S2/c1-3-13-11(2)21-10-14(13)15-17-18-16(20)19(15)9-12-7-5-4-6-8-12/h4-8,10H,3,9H2,1-2H3,(H,18,20). The second kappa shape index (κ2) is 5.95. The van der Waals surface area contributed by atoms with Crippen molar-refractivity contribution in [3.05, 3.63) is 56.5 Å². The van der Waals surface area contributed by atoms with Gasteiger partial charge in [0.1, 0.15) is 0 Å². The molecular weight excluding hydrogens is 298 g/mol. The van der Waals surface area contributed by atoms with Crippen LogP contribution in [0.4, 0.5) is 0 Å². The average molecular weight is 315 g/mol. The molecule has 1 N–H and O–H groups in total. The minimum Gasteiger partial charge on any atom is -0.296 e. The molecule has 3 aromatic rings. The van der Waals surface area contributed by atoms with Crippen LogP contribution in [0.5, 0.6) is 0 Å². The van der Waals surface area contributed by atoms with Crippen LogP contribution in [0.25, 0.3) is 11.4 Å². The average Bonchev–Trinajstić information content (AvgIpc) is 3.04. The molecule has 0 aliphatic heterocycles. The Labute approximate surface area is 133 Å². The molecule has 0 amide bonds. The molecule has 0 aliphatic rings. The number of hydrogen-bond acceptors (Lipinski definition) is 3. The van der Waals surface area contributed by atoms with Gasteiger partial charge in [0.2, 0.25) is 0 Å². The molecule has 0 atom stereocenters. The van der Waals surface area contributed by atoms with E-state index in [-0.39, 0.29) is 0 Å². The smallest absolute Gasteiger partial charge is 0.195 e. The zero-order chi connectivity index (χ0) is 14.8. The summed E-state index contributed by atoms with van der Waals surface area (Å²) in [5.41, 5.74) is 3.79. The van der Waals surface area contributed by atoms with Crippen molar-refractivity contribution < 1.29 is 0 Å². The number of aryl methyl sites for hydroxylation is 1. The largest absolute Gasteiger partial charge is 0.296 e. The Balaban J connectivity index is 2.07. The lowest BCUT2D eigenvalue weighted by atomic mass is 10.1. The third-order valence-corrected chi connectivity index (χ3v) is 4.91. The predicted octanol–water partition coefficient (Wildman–Crippen LogP) is 4.59. The topological polar surface area (TPSA) is 33.6 Å². The van der Waals surface area contributed by atoms with Crippen LogP contribution in [-0.2, 0) is 13.0 Å². The molecular formula is C16H17N3S2. The maximum Gasteiger partial charge on any atom is 0.195 e. The van der Waals surface area contributed by atoms with Gasteiger partial charge in [-0.15, -0.1) is 11.3 Å². The van der Waals surface area contributed by atoms with Crippen molar-refractivity contribution in [1.82, 2.24) is 14.8 Å². The van der Waals surface area contributed by atoms with Gasteiger partial charge in [-0.25, -0.2) is 0 Å². The first kappa shape index (κ1) is 14.2. The first-order valence-electron chi connectivity index (χ1n) is 6.97. The van der Waals surface area contributed by atoms with Crippen molar-refractivity contribution in [2.75, 3.05) is 0 Å². The van der Waals surface area contributed by atoms with Gasteiger partial charge in [-0.1, -0.05) is 37.3 Å². The second-order valence-corrected chi connectivity index (χ2v) is 6.43. The predicted molar refractivity (Wildman–Crippen MR) is 90.4 cm³/mol. The third-order valence-electron chi connectivity index (χ3n) is 3.64. The van der Waals surface area contributed by atoms with E-state index in [0.29, 0.717) is 4.77 Å². The Morgan fingerprint density at radius 2 is 2.05 bits per heavy atom. The number of H-pyrrole nitrogens is 1. The maximum absolute atomic E-state index is 5.41. The number of aromatic amines is 1. The van der Waals surface area contributed by atoms with E-state index >= 15 is 0 Å². The molecule has 5 heteroatoms. The number of hydrogen-bond donors (Lipinski definition) is 1. The summed E-state index contributed by atoms with van der Waals surface area (Å²) in [5, 5.41) is 9.57. The van der Waals surface area contributed by atoms with Crippen molar-refractivity contribution in [2.45, 2.75) is 26.8 Å². The number of nitrogens with one attached hydrogen (secondary N) is 1. The third kappa shape index (κ3) is 2.71. The Bertz CT molecular complexity index is 797. The zero-order valence-corrected chi connectivity index (χ0v) is 13.7. The molecule has 21 heavy (non-hydrogen) atoms. The number of benzene rings is 1. The lowest BCUT2D eigenvalue weighted by Crippen LogP contribution is -2.03. The molecule has 0 unspecified atom stereocenters. The van der Waals surface area contributed by atoms with Crippen LogP contribution in [0.3, 0.4) is 0 Å². The van der Waals surface area contributed by atoms with Crippen LogP contribution in [0.2, 0.25) is 0 Å². The highest BCUT2D eigenvalue weighted by Crippen LogP contribution is 2.30. The summed E-state index contributed by atoms with van der Waals surface area (Å²) in [5.74, 6) is 0.935. The molecule has 0 radical (unpaired) electrons. The van der Waals surface area contributed by atoms with Crippen molar-refractivity contribution in [3.8, 4) is 11.4 Å². The quantitative estimate of drug-likeness (QED) is 0.715. The molecule has 3 nitrogen and oxygen atoms in total. The maximum atomic E-state index is 5.41. The summed E-state index contributed by atoms with van der Waals surface area (Å²) in [6, 6.07) is 10.3. The van der Waals surface area contributed by atoms with Gasteiger partial charge in [-0.3, -0.25) is 9.67 Å². The van der Waals surface area contributed by atoms with Crippen LogP contribution < -0.4 is 0 Å². The lowest BCUT2D eigenvalue weighted by Gasteiger charge is -2.08. The normalized spacial score (nSPS) is 11.0. The number of rotatable bonds is 4. The SMILES string of the molecule is CCc1c(-c2n[nH]c(=S)n2Cc2ccccc2)csc1C. The summed E-state index contributed by atoms with van der Waals surface area (Å²) in [6.07, 6.45) is 1.01. The van der Waals surface area contributed by atoms with Crippen molar-refractivity contribution in [3.63, 3.8) is 0 Å². The van der Waals surface area contributed by atoms with Gasteiger partial charge in [0.25, 0.3) is 0 Å². The van der Waals surface area contributed by atoms with Crippen LogP contribution in [0.15, 0.2) is 35.7 Å². The molecule has 1 aromatic carbocycles. The van der Waals surface area contributed by atoms with E-state index in [4.69, 9.17) is 12.2 Å². The summed E-state index contributed by atoms with van der Waals surface area (Å²) >= 11 is 7.18. The van der Waals surface area contributed by atoms with Crippen LogP contribution in [0, 0.1) is 11.7 Å². The van der Waals surface area contributed by atoms with E-state index in [1.165, 1.54) is 21.6 Å². The second-order valence-electron chi connectivity index (χ2n) is 4.96. The summed E-state index contributed by atoms with van der Waals surface area (Å²) < 4.78 is 2.74. The number of nitrogens with zero attached hydrogens (tertiary/aromatic N) is 2. The molecule has 2 heterocycles. The van der Waals surface area contributed by atoms with Gasteiger partial charge in [-0.2, -0.15) is 5.10 Å². The summed E-state index contributed by atoms with van der Waals surface area (Å²) in [7, 11) is 0. The Hall–Kier alpha value is -1.72. The highest BCUT2D eigenvalue weighted by Gasteiger charge is 2.15. The molecule has 108 valence electrons. The van der Waals surface area contributed by atoms with E-state index < -0.39 is 0 Å². The Kier molecular flexibility index (Phi) is 4.03. The van der Waals surface area contributed by atoms with Gasteiger partial charge in [0.15, 0.2) is 10.6 Å². The molecule has 0 saturated carbocycles. The molecule has 0 fully saturated rings. The van der Waals surface area contributed by atoms with Gasteiger partial charge in [0, 0.05) is 15.8 Å². The first-order valence-corrected chi connectivity index (χ1v) is 8.26. The molecule has 3 rings (SSSR count). The van der Waals surface area contributed by atoms with Gasteiger partial charge < -0.3 is 0 Å². The lowest BCUT2D eigenvalue weighted by molar-refractivity contribution is 0.790. The Morgan fingerprint density at radius 1 is 1.29 bits per heavy atom. The van der Waals surface area contributed by atoms with Crippen LogP contribution >= 0.6 is 23.6 Å². The molecule has 0 spiro atoms. The fourth-order valence-electron chi connectivity index (χ4n) is 2.54. The molecule has 0 aliphatic carbocycles. The first-order chi connectivity index (χ1) is 10.2. The summed E-state index contributed by atoms with van der Waals surface area (Å²) in [6.45, 7) is 5.08. The van der Waals surface area contributed by atoms with Crippen molar-refractivity contribution >= 4 is 23.6 Å². The van der Waals surface area contributed by atoms with Gasteiger partial charge in [-0.05, 0) is 36.7 Å². The van der Waals surface area contributed by atoms with Crippen molar-refractivity contribution in [1.29, 1.82) is 0 Å². The van der Waals surface area contributed by atoms with Gasteiger partial charge in [0.05, 0.1) is 6.54 Å². The van der Waals surface area contributed by atoms with Crippen LogP contribution in [0.1, 0.15) is 22.9 Å². The van der Waals surface area contributed by atoms with Crippen molar-refractivity contribution in [2.24, 2.45) is 0 Å². The van der Waals surface area contributed by atoms with E-state index in [1.54, 1.807) is 11.3 Å². The fraction of sp³-hybridized carbons (Fsp3) is 0.250. The highest BCUT2D eigenvalue weighted by molar-refractivity contribution is 7.71. The molecule has 0 saturated heterocycles. The monoisotopic (exact) mass is 315 g/mol. The number of aromatic nitrogens is 3. The number of thiophene rings is 1. The van der Waals surface area contributed by atoms with E-state index in [1.807, 2.05) is 18.2 Å². The zero-order valence-electron chi connectivity index (χ0n) is 12.1. The molecule has 0 bridgehead atoms. The Morgan fingerprint density at radius 3 is 2.76 bits per heavy atom. The van der Waals surface area contributed by atoms with Gasteiger partial charge >= 0.3 is 0 Å². The van der Waals surface area contributed by atoms with E-state index in [2.05, 4.69) is 46.1 Å². The van der Waals surface area contributed by atoms with Crippen LogP contribution in [-0.4, -0.2) is 14.8 Å². The van der Waals surface area contributed by atoms with E-state index in [0.717, 1.165) is 18.8 Å². The fourth-order valence-corrected chi connectivity index (χ4v) is 3.68. The minimum atomic E-state index is 0.666.